The second-order valence-corrected chi connectivity index (χ2v) is 8.88. The Morgan fingerprint density at radius 1 is 1.06 bits per heavy atom. The maximum Gasteiger partial charge on any atom is 0.323 e. The monoisotopic (exact) mass is 475 g/mol. The van der Waals surface area contributed by atoms with Gasteiger partial charge in [-0.05, 0) is 31.5 Å². The number of ether oxygens (including phenoxy) is 2. The van der Waals surface area contributed by atoms with Gasteiger partial charge in [0, 0.05) is 22.4 Å². The van der Waals surface area contributed by atoms with Crippen molar-refractivity contribution >= 4 is 50.3 Å². The van der Waals surface area contributed by atoms with Crippen LogP contribution in [-0.4, -0.2) is 18.1 Å². The van der Waals surface area contributed by atoms with Crippen LogP contribution in [0.3, 0.4) is 0 Å². The van der Waals surface area contributed by atoms with Crippen molar-refractivity contribution in [1.29, 1.82) is 0 Å². The van der Waals surface area contributed by atoms with Crippen LogP contribution in [0.5, 0.6) is 11.5 Å². The molecular formula is C22H19F2N3O3S2. The number of halogens is 2. The zero-order valence-corrected chi connectivity index (χ0v) is 19.0. The van der Waals surface area contributed by atoms with E-state index in [1.165, 1.54) is 41.9 Å². The Kier molecular flexibility index (Phi) is 6.24. The number of hydrogen-bond acceptors (Lipinski definition) is 6. The molecule has 0 unspecified atom stereocenters. The van der Waals surface area contributed by atoms with E-state index in [2.05, 4.69) is 15.6 Å². The molecule has 2 aromatic carbocycles. The predicted octanol–water partition coefficient (Wildman–Crippen LogP) is 6.48. The van der Waals surface area contributed by atoms with E-state index in [0.29, 0.717) is 11.2 Å². The summed E-state index contributed by atoms with van der Waals surface area (Å²) < 4.78 is 40.7. The smallest absolute Gasteiger partial charge is 0.323 e. The normalized spacial score (nSPS) is 10.9. The van der Waals surface area contributed by atoms with Gasteiger partial charge in [0.1, 0.15) is 12.4 Å². The van der Waals surface area contributed by atoms with Gasteiger partial charge < -0.3 is 20.1 Å². The number of fused-ring (bicyclic) bond motifs is 1. The number of anilines is 2. The number of rotatable bonds is 6. The molecule has 4 aromatic rings. The SMILES string of the molecule is COc1cc(F)c(NC(=O)Nc2csc(C)c2C)cc1OCc1c(F)ccc2scnc12. The fourth-order valence-electron chi connectivity index (χ4n) is 3.07. The molecule has 2 amide bonds. The first-order chi connectivity index (χ1) is 15.4. The Morgan fingerprint density at radius 2 is 1.84 bits per heavy atom. The first-order valence-electron chi connectivity index (χ1n) is 9.51. The number of thiazole rings is 1. The van der Waals surface area contributed by atoms with Gasteiger partial charge in [0.05, 0.1) is 39.8 Å². The number of aryl methyl sites for hydroxylation is 1. The van der Waals surface area contributed by atoms with E-state index < -0.39 is 17.7 Å². The van der Waals surface area contributed by atoms with Crippen LogP contribution in [0, 0.1) is 25.5 Å². The minimum atomic E-state index is -0.699. The first kappa shape index (κ1) is 22.0. The molecule has 0 fully saturated rings. The standard InChI is InChI=1S/C22H19F2N3O3S2/c1-11-12(2)31-9-17(11)27-22(28)26-16-7-19(18(29-3)6-15(16)24)30-8-13-14(23)4-5-20-21(13)25-10-32-20/h4-7,9-10H,8H2,1-3H3,(H2,26,27,28). The van der Waals surface area contributed by atoms with Gasteiger partial charge in [-0.25, -0.2) is 18.6 Å². The van der Waals surface area contributed by atoms with Crippen LogP contribution in [-0.2, 0) is 6.61 Å². The summed E-state index contributed by atoms with van der Waals surface area (Å²) in [4.78, 5) is 17.7. The van der Waals surface area contributed by atoms with Crippen molar-refractivity contribution in [3.8, 4) is 11.5 Å². The number of hydrogen-bond donors (Lipinski definition) is 2. The second kappa shape index (κ2) is 9.09. The van der Waals surface area contributed by atoms with Gasteiger partial charge in [-0.3, -0.25) is 0 Å². The van der Waals surface area contributed by atoms with E-state index >= 15 is 0 Å². The van der Waals surface area contributed by atoms with Crippen LogP contribution in [0.1, 0.15) is 16.0 Å². The van der Waals surface area contributed by atoms with Gasteiger partial charge in [0.2, 0.25) is 0 Å². The lowest BCUT2D eigenvalue weighted by atomic mass is 10.2. The van der Waals surface area contributed by atoms with E-state index in [9.17, 15) is 13.6 Å². The molecular weight excluding hydrogens is 456 g/mol. The number of carbonyl (C=O) groups is 1. The van der Waals surface area contributed by atoms with E-state index in [4.69, 9.17) is 9.47 Å². The Hall–Kier alpha value is -3.24. The van der Waals surface area contributed by atoms with Gasteiger partial charge in [-0.2, -0.15) is 0 Å². The van der Waals surface area contributed by atoms with Crippen molar-refractivity contribution in [3.63, 3.8) is 0 Å². The molecule has 10 heteroatoms. The van der Waals surface area contributed by atoms with Crippen molar-refractivity contribution in [1.82, 2.24) is 4.98 Å². The van der Waals surface area contributed by atoms with Crippen molar-refractivity contribution in [3.05, 3.63) is 62.8 Å². The molecule has 166 valence electrons. The number of benzene rings is 2. The predicted molar refractivity (Wildman–Crippen MR) is 123 cm³/mol. The molecule has 0 aliphatic heterocycles. The number of methoxy groups -OCH3 is 1. The number of nitrogens with zero attached hydrogens (tertiary/aromatic N) is 1. The molecule has 0 bridgehead atoms. The Labute approximate surface area is 190 Å². The largest absolute Gasteiger partial charge is 0.493 e. The van der Waals surface area contributed by atoms with Crippen molar-refractivity contribution in [2.45, 2.75) is 20.5 Å². The molecule has 0 aliphatic carbocycles. The van der Waals surface area contributed by atoms with Gasteiger partial charge in [-0.15, -0.1) is 22.7 Å². The summed E-state index contributed by atoms with van der Waals surface area (Å²) in [6.45, 7) is 3.70. The second-order valence-electron chi connectivity index (χ2n) is 6.91. The molecule has 2 aromatic heterocycles. The fraction of sp³-hybridized carbons (Fsp3) is 0.182. The van der Waals surface area contributed by atoms with Crippen molar-refractivity contribution < 1.29 is 23.0 Å². The third-order valence-corrected chi connectivity index (χ3v) is 6.76. The number of amides is 2. The third-order valence-electron chi connectivity index (χ3n) is 4.96. The topological polar surface area (TPSA) is 72.5 Å². The maximum absolute atomic E-state index is 14.5. The molecule has 6 nitrogen and oxygen atoms in total. The summed E-state index contributed by atoms with van der Waals surface area (Å²) in [7, 11) is 1.37. The zero-order chi connectivity index (χ0) is 22.8. The van der Waals surface area contributed by atoms with Crippen LogP contribution in [0.15, 0.2) is 35.2 Å². The Bertz CT molecular complexity index is 1300. The molecule has 0 atom stereocenters. The summed E-state index contributed by atoms with van der Waals surface area (Å²) in [6.07, 6.45) is 0. The van der Waals surface area contributed by atoms with Crippen molar-refractivity contribution in [2.24, 2.45) is 0 Å². The molecule has 0 saturated heterocycles. The van der Waals surface area contributed by atoms with Crippen LogP contribution in [0.2, 0.25) is 0 Å². The number of urea groups is 1. The lowest BCUT2D eigenvalue weighted by Gasteiger charge is -2.15. The summed E-state index contributed by atoms with van der Waals surface area (Å²) >= 11 is 2.90. The molecule has 32 heavy (non-hydrogen) atoms. The molecule has 0 spiro atoms. The van der Waals surface area contributed by atoms with Gasteiger partial charge in [0.25, 0.3) is 0 Å². The van der Waals surface area contributed by atoms with Gasteiger partial charge >= 0.3 is 6.03 Å². The minimum Gasteiger partial charge on any atom is -0.493 e. The number of aromatic nitrogens is 1. The van der Waals surface area contributed by atoms with E-state index in [1.807, 2.05) is 19.2 Å². The molecule has 4 rings (SSSR count). The number of thiophene rings is 1. The van der Waals surface area contributed by atoms with Crippen LogP contribution < -0.4 is 20.1 Å². The average Bonchev–Trinajstić information content (AvgIpc) is 3.37. The highest BCUT2D eigenvalue weighted by Crippen LogP contribution is 2.34. The van der Waals surface area contributed by atoms with Crippen LogP contribution >= 0.6 is 22.7 Å². The Balaban J connectivity index is 1.55. The molecule has 0 aliphatic rings. The van der Waals surface area contributed by atoms with Crippen LogP contribution in [0.4, 0.5) is 25.0 Å². The van der Waals surface area contributed by atoms with Crippen LogP contribution in [0.25, 0.3) is 10.2 Å². The van der Waals surface area contributed by atoms with E-state index in [-0.39, 0.29) is 29.4 Å². The molecule has 2 N–H and O–H groups in total. The minimum absolute atomic E-state index is 0.102. The highest BCUT2D eigenvalue weighted by atomic mass is 32.1. The number of nitrogens with one attached hydrogen (secondary N) is 2. The summed E-state index contributed by atoms with van der Waals surface area (Å²) in [5.74, 6) is -0.888. The highest BCUT2D eigenvalue weighted by molar-refractivity contribution is 7.16. The van der Waals surface area contributed by atoms with E-state index in [1.54, 1.807) is 11.6 Å². The zero-order valence-electron chi connectivity index (χ0n) is 17.4. The van der Waals surface area contributed by atoms with Gasteiger partial charge in [0.15, 0.2) is 17.3 Å². The summed E-state index contributed by atoms with van der Waals surface area (Å²) in [6, 6.07) is 4.82. The quantitative estimate of drug-likeness (QED) is 0.335. The number of carbonyl (C=O) groups excluding carboxylic acids is 1. The fourth-order valence-corrected chi connectivity index (χ4v) is 4.59. The maximum atomic E-state index is 14.5. The van der Waals surface area contributed by atoms with Gasteiger partial charge in [-0.1, -0.05) is 0 Å². The summed E-state index contributed by atoms with van der Waals surface area (Å²) in [5.41, 5.74) is 3.92. The first-order valence-corrected chi connectivity index (χ1v) is 11.3. The third kappa shape index (κ3) is 4.37. The average molecular weight is 476 g/mol. The lowest BCUT2D eigenvalue weighted by molar-refractivity contribution is 0.262. The Morgan fingerprint density at radius 3 is 2.56 bits per heavy atom. The van der Waals surface area contributed by atoms with E-state index in [0.717, 1.165) is 21.2 Å². The molecule has 2 heterocycles. The molecule has 0 saturated carbocycles. The summed E-state index contributed by atoms with van der Waals surface area (Å²) in [5, 5.41) is 7.00. The molecule has 0 radical (unpaired) electrons. The highest BCUT2D eigenvalue weighted by Gasteiger charge is 2.17. The van der Waals surface area contributed by atoms with Crippen molar-refractivity contribution in [2.75, 3.05) is 17.7 Å². The lowest BCUT2D eigenvalue weighted by Crippen LogP contribution is -2.20.